The molecule has 0 aromatic carbocycles. The Kier molecular flexibility index (Phi) is 5.77. The number of ether oxygens (including phenoxy) is 1. The van der Waals surface area contributed by atoms with Crippen LogP contribution in [0.2, 0.25) is 0 Å². The molecule has 0 saturated carbocycles. The van der Waals surface area contributed by atoms with Crippen molar-refractivity contribution in [3.05, 3.63) is 12.2 Å². The van der Waals surface area contributed by atoms with E-state index in [0.717, 1.165) is 0 Å². The van der Waals surface area contributed by atoms with Gasteiger partial charge < -0.3 is 4.74 Å². The van der Waals surface area contributed by atoms with E-state index in [1.165, 1.54) is 0 Å². The average molecular weight is 245 g/mol. The van der Waals surface area contributed by atoms with E-state index < -0.39 is 3.79 Å². The molecule has 2 nitrogen and oxygen atoms in total. The summed E-state index contributed by atoms with van der Waals surface area (Å²) in [4.78, 5) is 0. The van der Waals surface area contributed by atoms with Gasteiger partial charge in [0, 0.05) is 0 Å². The molecule has 1 N–H and O–H groups in total. The maximum absolute atomic E-state index is 7.17. The summed E-state index contributed by atoms with van der Waals surface area (Å²) in [5.74, 6) is 0.0939. The molecule has 0 saturated heterocycles. The smallest absolute Gasteiger partial charge is 0.265 e. The highest BCUT2D eigenvalue weighted by Crippen LogP contribution is 2.27. The first kappa shape index (κ1) is 13.1. The van der Waals surface area contributed by atoms with Crippen LogP contribution >= 0.6 is 34.8 Å². The van der Waals surface area contributed by atoms with E-state index >= 15 is 0 Å². The first-order valence-corrected chi connectivity index (χ1v) is 4.92. The maximum atomic E-state index is 7.17. The Bertz CT molecular complexity index is 196. The van der Waals surface area contributed by atoms with Crippen molar-refractivity contribution < 1.29 is 4.74 Å². The topological polar surface area (TPSA) is 33.1 Å². The second-order valence-electron chi connectivity index (χ2n) is 2.81. The summed E-state index contributed by atoms with van der Waals surface area (Å²) in [5, 5.41) is 7.17. The van der Waals surface area contributed by atoms with E-state index in [0.29, 0.717) is 5.92 Å². The molecule has 0 spiro atoms. The van der Waals surface area contributed by atoms with E-state index in [1.54, 1.807) is 6.08 Å². The minimum Gasteiger partial charge on any atom is -0.474 e. The number of allylic oxidation sites excluding steroid dienone is 1. The molecule has 0 heterocycles. The normalized spacial score (nSPS) is 12.5. The largest absolute Gasteiger partial charge is 0.474 e. The van der Waals surface area contributed by atoms with Crippen molar-refractivity contribution in [1.29, 1.82) is 5.41 Å². The standard InChI is InChI=1S/C8H12Cl3NO/c1-6(2)4-3-5-13-7(12)8(9,10)11/h3-4,6,12H,5H2,1-2H3/b4-3+,12-7?. The summed E-state index contributed by atoms with van der Waals surface area (Å²) in [6, 6.07) is 0. The van der Waals surface area contributed by atoms with Crippen molar-refractivity contribution in [2.75, 3.05) is 6.61 Å². The molecule has 13 heavy (non-hydrogen) atoms. The molecule has 0 aromatic heterocycles. The minimum absolute atomic E-state index is 0.255. The van der Waals surface area contributed by atoms with E-state index in [4.69, 9.17) is 44.9 Å². The van der Waals surface area contributed by atoms with Gasteiger partial charge in [0.25, 0.3) is 3.79 Å². The molecule has 0 unspecified atom stereocenters. The van der Waals surface area contributed by atoms with Crippen molar-refractivity contribution in [3.63, 3.8) is 0 Å². The number of alkyl halides is 3. The fourth-order valence-corrected chi connectivity index (χ4v) is 0.705. The Hall–Kier alpha value is 0.0800. The maximum Gasteiger partial charge on any atom is 0.265 e. The van der Waals surface area contributed by atoms with Crippen LogP contribution in [-0.2, 0) is 4.74 Å². The van der Waals surface area contributed by atoms with Gasteiger partial charge in [-0.1, -0.05) is 60.8 Å². The van der Waals surface area contributed by atoms with Crippen LogP contribution in [0.1, 0.15) is 13.8 Å². The van der Waals surface area contributed by atoms with Gasteiger partial charge in [-0.25, -0.2) is 0 Å². The summed E-state index contributed by atoms with van der Waals surface area (Å²) in [6.07, 6.45) is 3.74. The van der Waals surface area contributed by atoms with Crippen molar-refractivity contribution in [3.8, 4) is 0 Å². The molecule has 0 aliphatic rings. The molecule has 0 aliphatic heterocycles. The lowest BCUT2D eigenvalue weighted by Gasteiger charge is -2.11. The fraction of sp³-hybridized carbons (Fsp3) is 0.625. The predicted molar refractivity (Wildman–Crippen MR) is 57.9 cm³/mol. The van der Waals surface area contributed by atoms with Gasteiger partial charge >= 0.3 is 0 Å². The lowest BCUT2D eigenvalue weighted by atomic mass is 10.2. The molecule has 0 rings (SSSR count). The second kappa shape index (κ2) is 5.74. The summed E-state index contributed by atoms with van der Waals surface area (Å²) in [5.41, 5.74) is 0. The number of nitrogens with one attached hydrogen (secondary N) is 1. The van der Waals surface area contributed by atoms with Gasteiger partial charge in [-0.05, 0) is 5.92 Å². The lowest BCUT2D eigenvalue weighted by Crippen LogP contribution is -2.21. The summed E-state index contributed by atoms with van der Waals surface area (Å²) in [6.45, 7) is 4.33. The molecule has 0 aliphatic carbocycles. The van der Waals surface area contributed by atoms with Crippen LogP contribution in [0, 0.1) is 11.3 Å². The van der Waals surface area contributed by atoms with Crippen LogP contribution in [0.25, 0.3) is 0 Å². The van der Waals surface area contributed by atoms with Gasteiger partial charge in [0.05, 0.1) is 0 Å². The highest BCUT2D eigenvalue weighted by atomic mass is 35.6. The third-order valence-electron chi connectivity index (χ3n) is 1.10. The molecule has 0 fully saturated rings. The SMILES string of the molecule is CC(C)/C=C/COC(=N)C(Cl)(Cl)Cl. The average Bonchev–Trinajstić information content (AvgIpc) is 1.95. The van der Waals surface area contributed by atoms with E-state index in [2.05, 4.69) is 0 Å². The predicted octanol–water partition coefficient (Wildman–Crippen LogP) is 3.56. The zero-order chi connectivity index (χ0) is 10.5. The Morgan fingerprint density at radius 2 is 2.00 bits per heavy atom. The Morgan fingerprint density at radius 1 is 1.46 bits per heavy atom. The first-order chi connectivity index (χ1) is 5.84. The van der Waals surface area contributed by atoms with Gasteiger partial charge in [-0.15, -0.1) is 0 Å². The zero-order valence-electron chi connectivity index (χ0n) is 7.48. The van der Waals surface area contributed by atoms with Crippen molar-refractivity contribution in [2.45, 2.75) is 17.6 Å². The van der Waals surface area contributed by atoms with E-state index in [9.17, 15) is 0 Å². The van der Waals surface area contributed by atoms with Crippen molar-refractivity contribution in [1.82, 2.24) is 0 Å². The molecular formula is C8H12Cl3NO. The molecule has 0 aromatic rings. The van der Waals surface area contributed by atoms with Gasteiger partial charge in [0.1, 0.15) is 6.61 Å². The molecular weight excluding hydrogens is 232 g/mol. The molecule has 0 amide bonds. The summed E-state index contributed by atoms with van der Waals surface area (Å²) >= 11 is 16.1. The Morgan fingerprint density at radius 3 is 2.38 bits per heavy atom. The quantitative estimate of drug-likeness (QED) is 0.350. The number of hydrogen-bond donors (Lipinski definition) is 1. The second-order valence-corrected chi connectivity index (χ2v) is 5.09. The van der Waals surface area contributed by atoms with Gasteiger partial charge in [-0.2, -0.15) is 0 Å². The molecule has 0 bridgehead atoms. The van der Waals surface area contributed by atoms with Crippen LogP contribution in [0.5, 0.6) is 0 Å². The summed E-state index contributed by atoms with van der Waals surface area (Å²) < 4.78 is 3.10. The van der Waals surface area contributed by atoms with Crippen LogP contribution in [0.15, 0.2) is 12.2 Å². The third kappa shape index (κ3) is 7.17. The highest BCUT2D eigenvalue weighted by Gasteiger charge is 2.28. The Labute approximate surface area is 93.3 Å². The first-order valence-electron chi connectivity index (χ1n) is 3.79. The lowest BCUT2D eigenvalue weighted by molar-refractivity contribution is 0.339. The zero-order valence-corrected chi connectivity index (χ0v) is 9.75. The number of hydrogen-bond acceptors (Lipinski definition) is 2. The Balaban J connectivity index is 3.73. The van der Waals surface area contributed by atoms with Crippen molar-refractivity contribution in [2.24, 2.45) is 5.92 Å². The number of halogens is 3. The minimum atomic E-state index is -1.76. The fourth-order valence-electron chi connectivity index (χ4n) is 0.541. The highest BCUT2D eigenvalue weighted by molar-refractivity contribution is 6.76. The number of rotatable bonds is 3. The molecule has 76 valence electrons. The molecule has 5 heteroatoms. The molecule has 0 atom stereocenters. The van der Waals surface area contributed by atoms with E-state index in [-0.39, 0.29) is 12.5 Å². The van der Waals surface area contributed by atoms with E-state index in [1.807, 2.05) is 19.9 Å². The van der Waals surface area contributed by atoms with Gasteiger partial charge in [-0.3, -0.25) is 5.41 Å². The third-order valence-corrected chi connectivity index (χ3v) is 1.62. The van der Waals surface area contributed by atoms with Crippen LogP contribution < -0.4 is 0 Å². The van der Waals surface area contributed by atoms with Gasteiger partial charge in [0.2, 0.25) is 5.90 Å². The van der Waals surface area contributed by atoms with Crippen molar-refractivity contribution >= 4 is 40.7 Å². The summed E-state index contributed by atoms with van der Waals surface area (Å²) in [7, 11) is 0. The van der Waals surface area contributed by atoms with Crippen LogP contribution in [0.4, 0.5) is 0 Å². The van der Waals surface area contributed by atoms with Crippen LogP contribution in [-0.4, -0.2) is 16.3 Å². The van der Waals surface area contributed by atoms with Gasteiger partial charge in [0.15, 0.2) is 0 Å². The monoisotopic (exact) mass is 243 g/mol. The van der Waals surface area contributed by atoms with Crippen LogP contribution in [0.3, 0.4) is 0 Å². The molecule has 0 radical (unpaired) electrons.